The van der Waals surface area contributed by atoms with Crippen molar-refractivity contribution >= 4 is 29.2 Å². The number of nitrogens with one attached hydrogen (secondary N) is 1. The van der Waals surface area contributed by atoms with Crippen LogP contribution in [0, 0.1) is 0 Å². The minimum Gasteiger partial charge on any atom is -0.492 e. The monoisotopic (exact) mass is 348 g/mol. The van der Waals surface area contributed by atoms with Crippen LogP contribution in [0.1, 0.15) is 10.4 Å². The normalized spacial score (nSPS) is 10.0. The highest BCUT2D eigenvalue weighted by Gasteiger charge is 2.09. The first-order valence-electron chi connectivity index (χ1n) is 7.22. The largest absolute Gasteiger partial charge is 0.492 e. The maximum absolute atomic E-state index is 11.7. The van der Waals surface area contributed by atoms with Crippen molar-refractivity contribution in [3.05, 3.63) is 59.1 Å². The molecule has 6 nitrogen and oxygen atoms in total. The van der Waals surface area contributed by atoms with Gasteiger partial charge in [0.05, 0.1) is 12.1 Å². The van der Waals surface area contributed by atoms with Crippen molar-refractivity contribution in [2.45, 2.75) is 0 Å². The molecule has 0 fully saturated rings. The lowest BCUT2D eigenvalue weighted by atomic mass is 10.2. The van der Waals surface area contributed by atoms with Crippen molar-refractivity contribution in [1.29, 1.82) is 0 Å². The van der Waals surface area contributed by atoms with E-state index in [-0.39, 0.29) is 6.61 Å². The minimum absolute atomic E-state index is 0.291. The van der Waals surface area contributed by atoms with E-state index in [1.165, 1.54) is 12.1 Å². The van der Waals surface area contributed by atoms with Gasteiger partial charge < -0.3 is 20.5 Å². The summed E-state index contributed by atoms with van der Waals surface area (Å²) in [4.78, 5) is 23.3. The van der Waals surface area contributed by atoms with Crippen LogP contribution in [-0.4, -0.2) is 31.6 Å². The molecule has 0 radical (unpaired) electrons. The van der Waals surface area contributed by atoms with Gasteiger partial charge in [0.2, 0.25) is 0 Å². The van der Waals surface area contributed by atoms with E-state index in [4.69, 9.17) is 26.8 Å². The highest BCUT2D eigenvalue weighted by atomic mass is 35.5. The Balaban J connectivity index is 1.63. The van der Waals surface area contributed by atoms with Gasteiger partial charge in [0, 0.05) is 10.7 Å². The summed E-state index contributed by atoms with van der Waals surface area (Å²) >= 11 is 5.77. The second-order valence-corrected chi connectivity index (χ2v) is 5.29. The van der Waals surface area contributed by atoms with Crippen molar-refractivity contribution in [3.63, 3.8) is 0 Å². The number of esters is 1. The van der Waals surface area contributed by atoms with Gasteiger partial charge in [-0.25, -0.2) is 4.79 Å². The molecule has 126 valence electrons. The lowest BCUT2D eigenvalue weighted by molar-refractivity contribution is -0.124. The summed E-state index contributed by atoms with van der Waals surface area (Å²) in [7, 11) is 0. The molecule has 0 saturated carbocycles. The quantitative estimate of drug-likeness (QED) is 0.455. The SMILES string of the molecule is Nc1ccc(C(=O)OCC(=O)NCCOc2ccc(Cl)cc2)cc1. The molecule has 0 aliphatic heterocycles. The van der Waals surface area contributed by atoms with Crippen LogP contribution in [0.25, 0.3) is 0 Å². The standard InChI is InChI=1S/C17H17ClN2O4/c18-13-3-7-15(8-4-13)23-10-9-20-16(21)11-24-17(22)12-1-5-14(19)6-2-12/h1-8H,9-11,19H2,(H,20,21). The Kier molecular flexibility index (Phi) is 6.45. The zero-order valence-electron chi connectivity index (χ0n) is 12.8. The average molecular weight is 349 g/mol. The molecule has 0 aromatic heterocycles. The molecule has 0 aliphatic rings. The van der Waals surface area contributed by atoms with Crippen LogP contribution < -0.4 is 15.8 Å². The van der Waals surface area contributed by atoms with E-state index in [0.29, 0.717) is 35.2 Å². The Hall–Kier alpha value is -2.73. The number of rotatable bonds is 7. The number of halogens is 1. The van der Waals surface area contributed by atoms with Gasteiger partial charge in [0.25, 0.3) is 5.91 Å². The number of benzene rings is 2. The highest BCUT2D eigenvalue weighted by molar-refractivity contribution is 6.30. The van der Waals surface area contributed by atoms with Crippen LogP contribution in [0.15, 0.2) is 48.5 Å². The number of amides is 1. The maximum Gasteiger partial charge on any atom is 0.338 e. The van der Waals surface area contributed by atoms with Gasteiger partial charge in [-0.15, -0.1) is 0 Å². The molecular formula is C17H17ClN2O4. The third-order valence-corrected chi connectivity index (χ3v) is 3.24. The number of anilines is 1. The lowest BCUT2D eigenvalue weighted by Crippen LogP contribution is -2.32. The summed E-state index contributed by atoms with van der Waals surface area (Å²) in [6.07, 6.45) is 0. The Labute approximate surface area is 144 Å². The molecule has 0 atom stereocenters. The topological polar surface area (TPSA) is 90.7 Å². The molecule has 0 unspecified atom stereocenters. The van der Waals surface area contributed by atoms with Gasteiger partial charge in [0.1, 0.15) is 12.4 Å². The molecule has 0 heterocycles. The molecule has 2 aromatic rings. The third kappa shape index (κ3) is 5.81. The van der Waals surface area contributed by atoms with Crippen LogP contribution in [0.4, 0.5) is 5.69 Å². The smallest absolute Gasteiger partial charge is 0.338 e. The Morgan fingerprint density at radius 2 is 1.71 bits per heavy atom. The molecule has 0 saturated heterocycles. The summed E-state index contributed by atoms with van der Waals surface area (Å²) in [6, 6.07) is 13.1. The molecule has 0 aliphatic carbocycles. The van der Waals surface area contributed by atoms with Crippen molar-refractivity contribution < 1.29 is 19.1 Å². The van der Waals surface area contributed by atoms with Crippen molar-refractivity contribution in [2.24, 2.45) is 0 Å². The second-order valence-electron chi connectivity index (χ2n) is 4.85. The van der Waals surface area contributed by atoms with E-state index in [1.54, 1.807) is 36.4 Å². The van der Waals surface area contributed by atoms with Gasteiger partial charge >= 0.3 is 5.97 Å². The highest BCUT2D eigenvalue weighted by Crippen LogP contribution is 2.15. The molecule has 0 spiro atoms. The first-order chi connectivity index (χ1) is 11.5. The number of nitrogens with two attached hydrogens (primary N) is 1. The molecular weight excluding hydrogens is 332 g/mol. The first-order valence-corrected chi connectivity index (χ1v) is 7.60. The zero-order valence-corrected chi connectivity index (χ0v) is 13.6. The van der Waals surface area contributed by atoms with E-state index in [1.807, 2.05) is 0 Å². The number of hydrogen-bond acceptors (Lipinski definition) is 5. The molecule has 24 heavy (non-hydrogen) atoms. The predicted octanol–water partition coefficient (Wildman–Crippen LogP) is 2.27. The number of carbonyl (C=O) groups excluding carboxylic acids is 2. The van der Waals surface area contributed by atoms with E-state index in [2.05, 4.69) is 5.32 Å². The van der Waals surface area contributed by atoms with Gasteiger partial charge in [-0.05, 0) is 48.5 Å². The second kappa shape index (κ2) is 8.79. The maximum atomic E-state index is 11.7. The van der Waals surface area contributed by atoms with E-state index in [9.17, 15) is 9.59 Å². The Bertz CT molecular complexity index is 687. The van der Waals surface area contributed by atoms with E-state index >= 15 is 0 Å². The van der Waals surface area contributed by atoms with Crippen molar-refractivity contribution in [3.8, 4) is 5.75 Å². The van der Waals surface area contributed by atoms with Crippen LogP contribution >= 0.6 is 11.6 Å². The van der Waals surface area contributed by atoms with Crippen LogP contribution in [0.5, 0.6) is 5.75 Å². The third-order valence-electron chi connectivity index (χ3n) is 2.99. The lowest BCUT2D eigenvalue weighted by Gasteiger charge is -2.08. The summed E-state index contributed by atoms with van der Waals surface area (Å²) in [5.74, 6) is -0.329. The number of hydrogen-bond donors (Lipinski definition) is 2. The van der Waals surface area contributed by atoms with Crippen molar-refractivity contribution in [2.75, 3.05) is 25.5 Å². The summed E-state index contributed by atoms with van der Waals surface area (Å²) in [6.45, 7) is 0.227. The fourth-order valence-corrected chi connectivity index (χ4v) is 1.90. The molecule has 2 rings (SSSR count). The van der Waals surface area contributed by atoms with E-state index < -0.39 is 11.9 Å². The predicted molar refractivity (Wildman–Crippen MR) is 91.1 cm³/mol. The van der Waals surface area contributed by atoms with Gasteiger partial charge in [-0.1, -0.05) is 11.6 Å². The molecule has 3 N–H and O–H groups in total. The van der Waals surface area contributed by atoms with Gasteiger partial charge in [-0.3, -0.25) is 4.79 Å². The Morgan fingerprint density at radius 3 is 2.38 bits per heavy atom. The minimum atomic E-state index is -0.581. The van der Waals surface area contributed by atoms with Crippen LogP contribution in [0.2, 0.25) is 5.02 Å². The fourth-order valence-electron chi connectivity index (χ4n) is 1.77. The van der Waals surface area contributed by atoms with Gasteiger partial charge in [-0.2, -0.15) is 0 Å². The zero-order chi connectivity index (χ0) is 17.4. The van der Waals surface area contributed by atoms with Crippen LogP contribution in [0.3, 0.4) is 0 Å². The first kappa shape index (κ1) is 17.6. The molecule has 2 aromatic carbocycles. The molecule has 0 bridgehead atoms. The molecule has 7 heteroatoms. The Morgan fingerprint density at radius 1 is 1.04 bits per heavy atom. The fraction of sp³-hybridized carbons (Fsp3) is 0.176. The number of carbonyl (C=O) groups is 2. The number of nitrogen functional groups attached to an aromatic ring is 1. The van der Waals surface area contributed by atoms with Crippen molar-refractivity contribution in [1.82, 2.24) is 5.32 Å². The summed E-state index contributed by atoms with van der Waals surface area (Å²) in [5, 5.41) is 3.22. The molecule has 1 amide bonds. The van der Waals surface area contributed by atoms with Crippen LogP contribution in [-0.2, 0) is 9.53 Å². The van der Waals surface area contributed by atoms with Gasteiger partial charge in [0.15, 0.2) is 6.61 Å². The summed E-state index contributed by atoms with van der Waals surface area (Å²) in [5.41, 5.74) is 6.41. The average Bonchev–Trinajstić information content (AvgIpc) is 2.59. The summed E-state index contributed by atoms with van der Waals surface area (Å²) < 4.78 is 10.3. The van der Waals surface area contributed by atoms with E-state index in [0.717, 1.165) is 0 Å². The number of ether oxygens (including phenoxy) is 2.